The normalized spacial score (nSPS) is 9.86. The fraction of sp³-hybridized carbons (Fsp3) is 0.300. The topological polar surface area (TPSA) is 72.3 Å². The molecule has 0 bridgehead atoms. The molecule has 0 aliphatic heterocycles. The molecule has 0 unspecified atom stereocenters. The van der Waals surface area contributed by atoms with E-state index in [1.54, 1.807) is 36.2 Å². The summed E-state index contributed by atoms with van der Waals surface area (Å²) < 4.78 is 0. The molecule has 4 N–H and O–H groups in total. The van der Waals surface area contributed by atoms with Crippen LogP contribution in [0.4, 0.5) is 5.69 Å². The molecule has 76 valence electrons. The first-order valence-corrected chi connectivity index (χ1v) is 4.46. The van der Waals surface area contributed by atoms with Crippen LogP contribution >= 0.6 is 0 Å². The summed E-state index contributed by atoms with van der Waals surface area (Å²) in [7, 11) is 1.73. The molecule has 0 aromatic heterocycles. The average molecular weight is 193 g/mol. The molecule has 0 aliphatic carbocycles. The summed E-state index contributed by atoms with van der Waals surface area (Å²) in [6, 6.07) is 6.85. The smallest absolute Gasteiger partial charge is 0.253 e. The number of rotatable bonds is 3. The standard InChI is InChI=1S/C10H15N3O/c1-13(7-6-11)10(14)8-2-4-9(12)5-3-8/h2-5H,6-7,11-12H2,1H3. The minimum absolute atomic E-state index is 0.0320. The quantitative estimate of drug-likeness (QED) is 0.678. The minimum Gasteiger partial charge on any atom is -0.399 e. The number of anilines is 1. The predicted octanol–water partition coefficient (Wildman–Crippen LogP) is 0.300. The van der Waals surface area contributed by atoms with Crippen LogP contribution in [-0.2, 0) is 0 Å². The summed E-state index contributed by atoms with van der Waals surface area (Å²) in [5.41, 5.74) is 12.2. The number of likely N-dealkylation sites (N-methyl/N-ethyl adjacent to an activating group) is 1. The number of hydrogen-bond donors (Lipinski definition) is 2. The second-order valence-electron chi connectivity index (χ2n) is 3.14. The third kappa shape index (κ3) is 2.47. The van der Waals surface area contributed by atoms with E-state index in [1.807, 2.05) is 0 Å². The van der Waals surface area contributed by atoms with Gasteiger partial charge in [-0.3, -0.25) is 4.79 Å². The lowest BCUT2D eigenvalue weighted by atomic mass is 10.2. The van der Waals surface area contributed by atoms with E-state index in [-0.39, 0.29) is 5.91 Å². The van der Waals surface area contributed by atoms with Crippen LogP contribution in [0.2, 0.25) is 0 Å². The van der Waals surface area contributed by atoms with E-state index in [2.05, 4.69) is 0 Å². The second-order valence-corrected chi connectivity index (χ2v) is 3.14. The van der Waals surface area contributed by atoms with Crippen LogP contribution in [0.1, 0.15) is 10.4 Å². The summed E-state index contributed by atoms with van der Waals surface area (Å²) >= 11 is 0. The molecule has 0 spiro atoms. The lowest BCUT2D eigenvalue weighted by Gasteiger charge is -2.15. The summed E-state index contributed by atoms with van der Waals surface area (Å²) in [5.74, 6) is -0.0320. The molecule has 14 heavy (non-hydrogen) atoms. The third-order valence-corrected chi connectivity index (χ3v) is 1.97. The molecule has 0 saturated heterocycles. The van der Waals surface area contributed by atoms with Crippen LogP contribution in [0.25, 0.3) is 0 Å². The molecule has 4 heteroatoms. The minimum atomic E-state index is -0.0320. The van der Waals surface area contributed by atoms with E-state index in [1.165, 1.54) is 0 Å². The van der Waals surface area contributed by atoms with E-state index in [4.69, 9.17) is 11.5 Å². The van der Waals surface area contributed by atoms with E-state index in [0.29, 0.717) is 24.3 Å². The average Bonchev–Trinajstić information content (AvgIpc) is 2.18. The van der Waals surface area contributed by atoms with Crippen LogP contribution in [0.3, 0.4) is 0 Å². The number of carbonyl (C=O) groups is 1. The molecule has 0 aliphatic rings. The van der Waals surface area contributed by atoms with Gasteiger partial charge in [0.2, 0.25) is 0 Å². The highest BCUT2D eigenvalue weighted by atomic mass is 16.2. The van der Waals surface area contributed by atoms with Gasteiger partial charge in [-0.25, -0.2) is 0 Å². The Bertz CT molecular complexity index is 308. The van der Waals surface area contributed by atoms with Crippen molar-refractivity contribution in [3.05, 3.63) is 29.8 Å². The van der Waals surface area contributed by atoms with Crippen LogP contribution in [0.15, 0.2) is 24.3 Å². The van der Waals surface area contributed by atoms with Gasteiger partial charge in [0.15, 0.2) is 0 Å². The largest absolute Gasteiger partial charge is 0.399 e. The number of hydrogen-bond acceptors (Lipinski definition) is 3. The maximum absolute atomic E-state index is 11.7. The first-order chi connectivity index (χ1) is 6.65. The molecular formula is C10H15N3O. The number of nitrogens with two attached hydrogens (primary N) is 2. The van der Waals surface area contributed by atoms with E-state index >= 15 is 0 Å². The van der Waals surface area contributed by atoms with Gasteiger partial charge in [0, 0.05) is 31.4 Å². The lowest BCUT2D eigenvalue weighted by Crippen LogP contribution is -2.31. The molecule has 4 nitrogen and oxygen atoms in total. The summed E-state index contributed by atoms with van der Waals surface area (Å²) in [5, 5.41) is 0. The molecule has 0 atom stereocenters. The van der Waals surface area contributed by atoms with Crippen molar-refractivity contribution in [3.63, 3.8) is 0 Å². The molecule has 0 radical (unpaired) electrons. The van der Waals surface area contributed by atoms with Gasteiger partial charge in [-0.2, -0.15) is 0 Å². The fourth-order valence-electron chi connectivity index (χ4n) is 1.14. The first-order valence-electron chi connectivity index (χ1n) is 4.46. The zero-order chi connectivity index (χ0) is 10.6. The third-order valence-electron chi connectivity index (χ3n) is 1.97. The lowest BCUT2D eigenvalue weighted by molar-refractivity contribution is 0.0799. The van der Waals surface area contributed by atoms with Crippen molar-refractivity contribution in [3.8, 4) is 0 Å². The Hall–Kier alpha value is -1.55. The molecule has 0 heterocycles. The van der Waals surface area contributed by atoms with Gasteiger partial charge in [0.25, 0.3) is 5.91 Å². The first kappa shape index (κ1) is 10.5. The van der Waals surface area contributed by atoms with E-state index in [9.17, 15) is 4.79 Å². The van der Waals surface area contributed by atoms with Crippen molar-refractivity contribution < 1.29 is 4.79 Å². The van der Waals surface area contributed by atoms with Crippen molar-refractivity contribution in [1.82, 2.24) is 4.90 Å². The maximum Gasteiger partial charge on any atom is 0.253 e. The molecule has 0 fully saturated rings. The van der Waals surface area contributed by atoms with Crippen molar-refractivity contribution in [2.75, 3.05) is 25.9 Å². The Balaban J connectivity index is 2.74. The van der Waals surface area contributed by atoms with Gasteiger partial charge in [-0.05, 0) is 24.3 Å². The van der Waals surface area contributed by atoms with Crippen LogP contribution in [0, 0.1) is 0 Å². The number of amides is 1. The van der Waals surface area contributed by atoms with Crippen LogP contribution in [-0.4, -0.2) is 30.9 Å². The summed E-state index contributed by atoms with van der Waals surface area (Å²) in [4.78, 5) is 13.3. The van der Waals surface area contributed by atoms with Crippen LogP contribution in [0.5, 0.6) is 0 Å². The van der Waals surface area contributed by atoms with E-state index in [0.717, 1.165) is 0 Å². The number of nitrogens with zero attached hydrogens (tertiary/aromatic N) is 1. The SMILES string of the molecule is CN(CCN)C(=O)c1ccc(N)cc1. The van der Waals surface area contributed by atoms with Crippen LogP contribution < -0.4 is 11.5 Å². The summed E-state index contributed by atoms with van der Waals surface area (Å²) in [6.45, 7) is 1.03. The Morgan fingerprint density at radius 3 is 2.43 bits per heavy atom. The second kappa shape index (κ2) is 4.62. The predicted molar refractivity (Wildman–Crippen MR) is 56.9 cm³/mol. The van der Waals surface area contributed by atoms with Crippen molar-refractivity contribution >= 4 is 11.6 Å². The van der Waals surface area contributed by atoms with Crippen molar-refractivity contribution in [1.29, 1.82) is 0 Å². The van der Waals surface area contributed by atoms with Crippen molar-refractivity contribution in [2.24, 2.45) is 5.73 Å². The number of carbonyl (C=O) groups excluding carboxylic acids is 1. The molecule has 1 amide bonds. The zero-order valence-electron chi connectivity index (χ0n) is 8.23. The Kier molecular flexibility index (Phi) is 3.48. The summed E-state index contributed by atoms with van der Waals surface area (Å²) in [6.07, 6.45) is 0. The zero-order valence-corrected chi connectivity index (χ0v) is 8.23. The molecule has 0 saturated carbocycles. The van der Waals surface area contributed by atoms with Gasteiger partial charge >= 0.3 is 0 Å². The highest BCUT2D eigenvalue weighted by molar-refractivity contribution is 5.94. The molecule has 1 aromatic rings. The highest BCUT2D eigenvalue weighted by Gasteiger charge is 2.09. The molecule has 1 rings (SSSR count). The number of nitrogen functional groups attached to an aromatic ring is 1. The van der Waals surface area contributed by atoms with Gasteiger partial charge < -0.3 is 16.4 Å². The van der Waals surface area contributed by atoms with E-state index < -0.39 is 0 Å². The Morgan fingerprint density at radius 2 is 1.93 bits per heavy atom. The Labute approximate surface area is 83.5 Å². The number of benzene rings is 1. The highest BCUT2D eigenvalue weighted by Crippen LogP contribution is 2.07. The molecule has 1 aromatic carbocycles. The monoisotopic (exact) mass is 193 g/mol. The van der Waals surface area contributed by atoms with Gasteiger partial charge in [-0.1, -0.05) is 0 Å². The fourth-order valence-corrected chi connectivity index (χ4v) is 1.14. The molecular weight excluding hydrogens is 178 g/mol. The Morgan fingerprint density at radius 1 is 1.36 bits per heavy atom. The van der Waals surface area contributed by atoms with Gasteiger partial charge in [0.05, 0.1) is 0 Å². The van der Waals surface area contributed by atoms with Gasteiger partial charge in [-0.15, -0.1) is 0 Å². The van der Waals surface area contributed by atoms with Crippen molar-refractivity contribution in [2.45, 2.75) is 0 Å². The maximum atomic E-state index is 11.7. The van der Waals surface area contributed by atoms with Gasteiger partial charge in [0.1, 0.15) is 0 Å².